The number of halogens is 1. The zero-order chi connectivity index (χ0) is 11.7. The van der Waals surface area contributed by atoms with Crippen LogP contribution in [-0.4, -0.2) is 9.78 Å². The zero-order valence-corrected chi connectivity index (χ0v) is 11.3. The van der Waals surface area contributed by atoms with Crippen LogP contribution in [0.5, 0.6) is 0 Å². The van der Waals surface area contributed by atoms with Crippen LogP contribution in [0.3, 0.4) is 0 Å². The first kappa shape index (κ1) is 11.4. The van der Waals surface area contributed by atoms with Crippen molar-refractivity contribution in [3.8, 4) is 11.1 Å². The molecule has 0 aliphatic carbocycles. The van der Waals surface area contributed by atoms with Gasteiger partial charge in [-0.3, -0.25) is 4.68 Å². The number of aromatic nitrogens is 2. The van der Waals surface area contributed by atoms with Crippen molar-refractivity contribution in [2.75, 3.05) is 0 Å². The molecule has 0 saturated heterocycles. The topological polar surface area (TPSA) is 17.8 Å². The van der Waals surface area contributed by atoms with Gasteiger partial charge in [-0.25, -0.2) is 0 Å². The molecule has 1 heterocycles. The fourth-order valence-corrected chi connectivity index (χ4v) is 2.05. The van der Waals surface area contributed by atoms with Crippen LogP contribution in [0, 0.1) is 0 Å². The standard InChI is InChI=1S/C13H15BrN2/c1-9(2)13-12(8-16(3)15-13)10-4-6-11(14)7-5-10/h4-9H,1-3H3. The fourth-order valence-electron chi connectivity index (χ4n) is 1.78. The maximum atomic E-state index is 4.51. The van der Waals surface area contributed by atoms with Crippen molar-refractivity contribution in [2.45, 2.75) is 19.8 Å². The van der Waals surface area contributed by atoms with Gasteiger partial charge in [0.25, 0.3) is 0 Å². The molecule has 2 nitrogen and oxygen atoms in total. The van der Waals surface area contributed by atoms with Crippen molar-refractivity contribution in [1.29, 1.82) is 0 Å². The minimum Gasteiger partial charge on any atom is -0.275 e. The highest BCUT2D eigenvalue weighted by Gasteiger charge is 2.12. The van der Waals surface area contributed by atoms with Gasteiger partial charge in [0.15, 0.2) is 0 Å². The number of nitrogens with zero attached hydrogens (tertiary/aromatic N) is 2. The number of aryl methyl sites for hydroxylation is 1. The molecule has 2 rings (SSSR count). The van der Waals surface area contributed by atoms with Crippen LogP contribution in [-0.2, 0) is 7.05 Å². The van der Waals surface area contributed by atoms with E-state index in [0.29, 0.717) is 5.92 Å². The quantitative estimate of drug-likeness (QED) is 0.813. The zero-order valence-electron chi connectivity index (χ0n) is 9.74. The van der Waals surface area contributed by atoms with Gasteiger partial charge < -0.3 is 0 Å². The highest BCUT2D eigenvalue weighted by Crippen LogP contribution is 2.28. The van der Waals surface area contributed by atoms with Gasteiger partial charge in [0.1, 0.15) is 0 Å². The first-order valence-electron chi connectivity index (χ1n) is 5.37. The Hall–Kier alpha value is -1.09. The van der Waals surface area contributed by atoms with Crippen molar-refractivity contribution in [3.05, 3.63) is 40.6 Å². The molecule has 2 aromatic rings. The predicted molar refractivity (Wildman–Crippen MR) is 70.4 cm³/mol. The number of hydrogen-bond acceptors (Lipinski definition) is 1. The summed E-state index contributed by atoms with van der Waals surface area (Å²) < 4.78 is 2.98. The second-order valence-corrected chi connectivity index (χ2v) is 5.18. The molecule has 0 aliphatic rings. The summed E-state index contributed by atoms with van der Waals surface area (Å²) >= 11 is 3.45. The van der Waals surface area contributed by atoms with Crippen molar-refractivity contribution >= 4 is 15.9 Å². The molecule has 16 heavy (non-hydrogen) atoms. The summed E-state index contributed by atoms with van der Waals surface area (Å²) in [4.78, 5) is 0. The smallest absolute Gasteiger partial charge is 0.0728 e. The summed E-state index contributed by atoms with van der Waals surface area (Å²) in [6.07, 6.45) is 2.08. The van der Waals surface area contributed by atoms with Gasteiger partial charge in [-0.15, -0.1) is 0 Å². The molecular formula is C13H15BrN2. The SMILES string of the molecule is CC(C)c1nn(C)cc1-c1ccc(Br)cc1. The maximum absolute atomic E-state index is 4.51. The van der Waals surface area contributed by atoms with E-state index in [9.17, 15) is 0 Å². The van der Waals surface area contributed by atoms with E-state index in [1.807, 2.05) is 11.7 Å². The van der Waals surface area contributed by atoms with E-state index < -0.39 is 0 Å². The molecule has 0 saturated carbocycles. The van der Waals surface area contributed by atoms with E-state index >= 15 is 0 Å². The molecule has 0 spiro atoms. The minimum absolute atomic E-state index is 0.444. The van der Waals surface area contributed by atoms with Crippen molar-refractivity contribution < 1.29 is 0 Å². The lowest BCUT2D eigenvalue weighted by Gasteiger charge is -2.05. The summed E-state index contributed by atoms with van der Waals surface area (Å²) in [6.45, 7) is 4.34. The molecule has 0 aliphatic heterocycles. The summed E-state index contributed by atoms with van der Waals surface area (Å²) in [5.74, 6) is 0.444. The first-order valence-corrected chi connectivity index (χ1v) is 6.16. The van der Waals surface area contributed by atoms with E-state index in [1.165, 1.54) is 11.1 Å². The molecule has 3 heteroatoms. The lowest BCUT2D eigenvalue weighted by molar-refractivity contribution is 0.713. The molecular weight excluding hydrogens is 264 g/mol. The lowest BCUT2D eigenvalue weighted by atomic mass is 10.0. The average Bonchev–Trinajstić information content (AvgIpc) is 2.61. The Balaban J connectivity index is 2.50. The summed E-state index contributed by atoms with van der Waals surface area (Å²) in [7, 11) is 1.97. The van der Waals surface area contributed by atoms with Gasteiger partial charge in [0.2, 0.25) is 0 Å². The third-order valence-electron chi connectivity index (χ3n) is 2.56. The number of benzene rings is 1. The average molecular weight is 279 g/mol. The molecule has 0 atom stereocenters. The molecule has 0 amide bonds. The van der Waals surface area contributed by atoms with Gasteiger partial charge in [0, 0.05) is 23.3 Å². The van der Waals surface area contributed by atoms with Gasteiger partial charge in [0.05, 0.1) is 5.69 Å². The monoisotopic (exact) mass is 278 g/mol. The third-order valence-corrected chi connectivity index (χ3v) is 3.09. The normalized spacial score (nSPS) is 11.1. The van der Waals surface area contributed by atoms with Gasteiger partial charge in [-0.2, -0.15) is 5.10 Å². The van der Waals surface area contributed by atoms with Crippen molar-refractivity contribution in [2.24, 2.45) is 7.05 Å². The van der Waals surface area contributed by atoms with E-state index in [-0.39, 0.29) is 0 Å². The van der Waals surface area contributed by atoms with Crippen molar-refractivity contribution in [3.63, 3.8) is 0 Å². The minimum atomic E-state index is 0.444. The van der Waals surface area contributed by atoms with Crippen molar-refractivity contribution in [1.82, 2.24) is 9.78 Å². The fraction of sp³-hybridized carbons (Fsp3) is 0.308. The Morgan fingerprint density at radius 1 is 1.19 bits per heavy atom. The van der Waals surface area contributed by atoms with Gasteiger partial charge in [-0.05, 0) is 23.6 Å². The van der Waals surface area contributed by atoms with Crippen LogP contribution in [0.4, 0.5) is 0 Å². The van der Waals surface area contributed by atoms with Crippen LogP contribution in [0.25, 0.3) is 11.1 Å². The van der Waals surface area contributed by atoms with Crippen LogP contribution >= 0.6 is 15.9 Å². The van der Waals surface area contributed by atoms with E-state index in [1.54, 1.807) is 0 Å². The molecule has 84 valence electrons. The Bertz CT molecular complexity index is 483. The first-order chi connectivity index (χ1) is 7.58. The molecule has 0 fully saturated rings. The van der Waals surface area contributed by atoms with E-state index in [2.05, 4.69) is 65.3 Å². The van der Waals surface area contributed by atoms with Crippen LogP contribution in [0.15, 0.2) is 34.9 Å². The largest absolute Gasteiger partial charge is 0.275 e. The molecule has 0 N–H and O–H groups in total. The number of hydrogen-bond donors (Lipinski definition) is 0. The second-order valence-electron chi connectivity index (χ2n) is 4.26. The van der Waals surface area contributed by atoms with E-state index in [4.69, 9.17) is 0 Å². The summed E-state index contributed by atoms with van der Waals surface area (Å²) in [5.41, 5.74) is 3.61. The molecule has 0 bridgehead atoms. The molecule has 1 aromatic carbocycles. The Morgan fingerprint density at radius 3 is 2.38 bits per heavy atom. The van der Waals surface area contributed by atoms with Crippen LogP contribution in [0.2, 0.25) is 0 Å². The highest BCUT2D eigenvalue weighted by atomic mass is 79.9. The Kier molecular flexibility index (Phi) is 3.15. The predicted octanol–water partition coefficient (Wildman–Crippen LogP) is 3.97. The molecule has 0 unspecified atom stereocenters. The van der Waals surface area contributed by atoms with Crippen LogP contribution < -0.4 is 0 Å². The summed E-state index contributed by atoms with van der Waals surface area (Å²) in [6, 6.07) is 8.36. The number of rotatable bonds is 2. The Morgan fingerprint density at radius 2 is 1.81 bits per heavy atom. The second kappa shape index (κ2) is 4.42. The van der Waals surface area contributed by atoms with Gasteiger partial charge >= 0.3 is 0 Å². The molecule has 0 radical (unpaired) electrons. The molecule has 1 aromatic heterocycles. The maximum Gasteiger partial charge on any atom is 0.0728 e. The van der Waals surface area contributed by atoms with Gasteiger partial charge in [-0.1, -0.05) is 41.9 Å². The third kappa shape index (κ3) is 2.19. The Labute approximate surface area is 104 Å². The highest BCUT2D eigenvalue weighted by molar-refractivity contribution is 9.10. The summed E-state index contributed by atoms with van der Waals surface area (Å²) in [5, 5.41) is 4.51. The van der Waals surface area contributed by atoms with Crippen LogP contribution in [0.1, 0.15) is 25.5 Å². The lowest BCUT2D eigenvalue weighted by Crippen LogP contribution is -1.93. The van der Waals surface area contributed by atoms with E-state index in [0.717, 1.165) is 10.2 Å².